The molecule has 1 aliphatic rings. The van der Waals surface area contributed by atoms with E-state index in [4.69, 9.17) is 5.73 Å². The molecule has 0 aromatic heterocycles. The van der Waals surface area contributed by atoms with Crippen molar-refractivity contribution in [1.29, 1.82) is 0 Å². The van der Waals surface area contributed by atoms with Crippen molar-refractivity contribution in [1.82, 2.24) is 15.1 Å². The van der Waals surface area contributed by atoms with Gasteiger partial charge in [0, 0.05) is 32.2 Å². The molecule has 0 radical (unpaired) electrons. The first-order valence-electron chi connectivity index (χ1n) is 8.97. The molecule has 2 atom stereocenters. The highest BCUT2D eigenvalue weighted by Crippen LogP contribution is 2.13. The second-order valence-corrected chi connectivity index (χ2v) is 7.14. The Labute approximate surface area is 174 Å². The van der Waals surface area contributed by atoms with Crippen LogP contribution in [0.15, 0.2) is 30.3 Å². The first kappa shape index (κ1) is 25.7. The third kappa shape index (κ3) is 7.66. The first-order valence-corrected chi connectivity index (χ1v) is 8.97. The number of amides is 2. The van der Waals surface area contributed by atoms with Crippen LogP contribution in [0.2, 0.25) is 0 Å². The van der Waals surface area contributed by atoms with Gasteiger partial charge in [-0.25, -0.2) is 0 Å². The summed E-state index contributed by atoms with van der Waals surface area (Å²) in [7, 11) is 0. The van der Waals surface area contributed by atoms with E-state index in [9.17, 15) is 9.59 Å². The molecule has 6 nitrogen and oxygen atoms in total. The molecule has 27 heavy (non-hydrogen) atoms. The summed E-state index contributed by atoms with van der Waals surface area (Å²) in [5.41, 5.74) is 7.08. The summed E-state index contributed by atoms with van der Waals surface area (Å²) >= 11 is 0. The van der Waals surface area contributed by atoms with Crippen molar-refractivity contribution in [3.8, 4) is 0 Å². The fourth-order valence-corrected chi connectivity index (χ4v) is 3.07. The highest BCUT2D eigenvalue weighted by atomic mass is 35.5. The summed E-state index contributed by atoms with van der Waals surface area (Å²) in [6.45, 7) is 9.09. The van der Waals surface area contributed by atoms with Gasteiger partial charge in [-0.15, -0.1) is 24.8 Å². The third-order valence-electron chi connectivity index (χ3n) is 4.72. The molecular formula is C19H32Cl2N4O2. The van der Waals surface area contributed by atoms with Crippen LogP contribution in [0.25, 0.3) is 0 Å². The summed E-state index contributed by atoms with van der Waals surface area (Å²) in [6, 6.07) is 9.90. The largest absolute Gasteiger partial charge is 0.346 e. The smallest absolute Gasteiger partial charge is 0.242 e. The lowest BCUT2D eigenvalue weighted by Crippen LogP contribution is -2.56. The van der Waals surface area contributed by atoms with Crippen molar-refractivity contribution in [3.63, 3.8) is 0 Å². The Bertz CT molecular complexity index is 586. The zero-order chi connectivity index (χ0) is 18.4. The van der Waals surface area contributed by atoms with Gasteiger partial charge >= 0.3 is 0 Å². The fourth-order valence-electron chi connectivity index (χ4n) is 3.07. The molecule has 1 fully saturated rings. The highest BCUT2D eigenvalue weighted by Gasteiger charge is 2.28. The van der Waals surface area contributed by atoms with Gasteiger partial charge < -0.3 is 16.0 Å². The number of hydrogen-bond acceptors (Lipinski definition) is 4. The van der Waals surface area contributed by atoms with Crippen LogP contribution in [-0.2, 0) is 16.1 Å². The van der Waals surface area contributed by atoms with Crippen LogP contribution in [0.4, 0.5) is 0 Å². The summed E-state index contributed by atoms with van der Waals surface area (Å²) in [4.78, 5) is 28.5. The second kappa shape index (κ2) is 12.2. The molecule has 1 saturated heterocycles. The number of nitrogens with zero attached hydrogens (tertiary/aromatic N) is 2. The molecule has 2 amide bonds. The maximum atomic E-state index is 12.4. The van der Waals surface area contributed by atoms with E-state index < -0.39 is 6.04 Å². The van der Waals surface area contributed by atoms with Crippen LogP contribution in [-0.4, -0.2) is 59.9 Å². The van der Waals surface area contributed by atoms with Gasteiger partial charge in [0.15, 0.2) is 0 Å². The molecule has 154 valence electrons. The minimum atomic E-state index is -0.576. The molecule has 2 rings (SSSR count). The molecule has 1 aromatic rings. The number of halogens is 2. The molecule has 0 spiro atoms. The number of nitrogens with one attached hydrogen (secondary N) is 1. The van der Waals surface area contributed by atoms with Gasteiger partial charge in [0.25, 0.3) is 0 Å². The zero-order valence-corrected chi connectivity index (χ0v) is 17.9. The summed E-state index contributed by atoms with van der Waals surface area (Å²) in [6.07, 6.45) is 0. The van der Waals surface area contributed by atoms with E-state index in [1.807, 2.05) is 36.9 Å². The maximum Gasteiger partial charge on any atom is 0.242 e. The molecule has 0 bridgehead atoms. The van der Waals surface area contributed by atoms with E-state index in [-0.39, 0.29) is 55.1 Å². The van der Waals surface area contributed by atoms with Gasteiger partial charge in [0.05, 0.1) is 12.6 Å². The number of hydrogen-bond donors (Lipinski definition) is 2. The van der Waals surface area contributed by atoms with Gasteiger partial charge in [-0.3, -0.25) is 14.5 Å². The third-order valence-corrected chi connectivity index (χ3v) is 4.72. The van der Waals surface area contributed by atoms with Crippen molar-refractivity contribution in [2.45, 2.75) is 39.4 Å². The Morgan fingerprint density at radius 2 is 1.81 bits per heavy atom. The zero-order valence-electron chi connectivity index (χ0n) is 16.3. The summed E-state index contributed by atoms with van der Waals surface area (Å²) in [5, 5.41) is 2.66. The van der Waals surface area contributed by atoms with E-state index in [0.717, 1.165) is 19.6 Å². The van der Waals surface area contributed by atoms with Crippen molar-refractivity contribution < 1.29 is 9.59 Å². The van der Waals surface area contributed by atoms with Crippen LogP contribution in [0.5, 0.6) is 0 Å². The Hall–Kier alpha value is -1.34. The lowest BCUT2D eigenvalue weighted by molar-refractivity contribution is -0.137. The van der Waals surface area contributed by atoms with E-state index in [1.165, 1.54) is 5.56 Å². The quantitative estimate of drug-likeness (QED) is 0.735. The van der Waals surface area contributed by atoms with Crippen LogP contribution in [0, 0.1) is 5.92 Å². The number of rotatable bonds is 6. The Morgan fingerprint density at radius 3 is 2.37 bits per heavy atom. The molecule has 1 heterocycles. The van der Waals surface area contributed by atoms with Gasteiger partial charge in [0.2, 0.25) is 11.8 Å². The van der Waals surface area contributed by atoms with E-state index >= 15 is 0 Å². The monoisotopic (exact) mass is 418 g/mol. The Balaban J connectivity index is 0.00000338. The molecule has 0 unspecified atom stereocenters. The summed E-state index contributed by atoms with van der Waals surface area (Å²) < 4.78 is 0. The average molecular weight is 419 g/mol. The van der Waals surface area contributed by atoms with Crippen LogP contribution >= 0.6 is 24.8 Å². The lowest BCUT2D eigenvalue weighted by Gasteiger charge is -2.40. The standard InChI is InChI=1S/C19H30N4O2.2ClH/c1-14(2)18(20)19(25)21-11-17(24)23-10-9-22(12-15(23)3)13-16-7-5-4-6-8-16;;/h4-8,14-15,18H,9-13,20H2,1-3H3,(H,21,25);2*1H/t15-,18+;;/m1../s1. The number of piperazine rings is 1. The maximum absolute atomic E-state index is 12.4. The molecule has 0 saturated carbocycles. The molecular weight excluding hydrogens is 387 g/mol. The Morgan fingerprint density at radius 1 is 1.19 bits per heavy atom. The summed E-state index contributed by atoms with van der Waals surface area (Å²) in [5.74, 6) is -0.259. The van der Waals surface area contributed by atoms with E-state index in [0.29, 0.717) is 6.54 Å². The van der Waals surface area contributed by atoms with Crippen LogP contribution in [0.3, 0.4) is 0 Å². The van der Waals surface area contributed by atoms with Crippen LogP contribution < -0.4 is 11.1 Å². The van der Waals surface area contributed by atoms with Crippen molar-refractivity contribution in [3.05, 3.63) is 35.9 Å². The number of carbonyl (C=O) groups excluding carboxylic acids is 2. The van der Waals surface area contributed by atoms with Gasteiger partial charge in [0.1, 0.15) is 0 Å². The van der Waals surface area contributed by atoms with Crippen molar-refractivity contribution in [2.24, 2.45) is 11.7 Å². The predicted molar refractivity (Wildman–Crippen MR) is 113 cm³/mol. The molecule has 1 aliphatic heterocycles. The highest BCUT2D eigenvalue weighted by molar-refractivity contribution is 5.87. The molecule has 8 heteroatoms. The molecule has 3 N–H and O–H groups in total. The van der Waals surface area contributed by atoms with Crippen LogP contribution in [0.1, 0.15) is 26.3 Å². The van der Waals surface area contributed by atoms with Crippen molar-refractivity contribution >= 4 is 36.6 Å². The van der Waals surface area contributed by atoms with E-state index in [2.05, 4.69) is 29.3 Å². The topological polar surface area (TPSA) is 78.7 Å². The number of carbonyl (C=O) groups is 2. The molecule has 0 aliphatic carbocycles. The lowest BCUT2D eigenvalue weighted by atomic mass is 10.1. The van der Waals surface area contributed by atoms with Gasteiger partial charge in [-0.1, -0.05) is 44.2 Å². The van der Waals surface area contributed by atoms with Gasteiger partial charge in [-0.05, 0) is 18.4 Å². The SMILES string of the molecule is CC(C)[C@H](N)C(=O)NCC(=O)N1CCN(Cc2ccccc2)C[C@H]1C.Cl.Cl. The first-order chi connectivity index (χ1) is 11.9. The molecule has 1 aromatic carbocycles. The number of benzene rings is 1. The van der Waals surface area contributed by atoms with Gasteiger partial charge in [-0.2, -0.15) is 0 Å². The Kier molecular flexibility index (Phi) is 11.6. The minimum absolute atomic E-state index is 0. The number of nitrogens with two attached hydrogens (primary N) is 1. The normalized spacial score (nSPS) is 18.3. The average Bonchev–Trinajstić information content (AvgIpc) is 2.59. The predicted octanol–water partition coefficient (Wildman–Crippen LogP) is 1.66. The second-order valence-electron chi connectivity index (χ2n) is 7.14. The fraction of sp³-hybridized carbons (Fsp3) is 0.579. The van der Waals surface area contributed by atoms with E-state index in [1.54, 1.807) is 0 Å². The van der Waals surface area contributed by atoms with Crippen molar-refractivity contribution in [2.75, 3.05) is 26.2 Å². The minimum Gasteiger partial charge on any atom is -0.346 e.